The van der Waals surface area contributed by atoms with E-state index in [9.17, 15) is 0 Å². The molecule has 23 heavy (non-hydrogen) atoms. The van der Waals surface area contributed by atoms with Gasteiger partial charge in [0.25, 0.3) is 0 Å². The highest BCUT2D eigenvalue weighted by molar-refractivity contribution is 5.51. The van der Waals surface area contributed by atoms with E-state index in [0.717, 1.165) is 18.4 Å². The highest BCUT2D eigenvalue weighted by Gasteiger charge is 2.41. The summed E-state index contributed by atoms with van der Waals surface area (Å²) >= 11 is 0. The molecular formula is C17H18N4O2. The van der Waals surface area contributed by atoms with Gasteiger partial charge in [-0.15, -0.1) is 0 Å². The number of hydrogen-bond acceptors (Lipinski definition) is 5. The molecule has 0 spiro atoms. The van der Waals surface area contributed by atoms with Crippen LogP contribution in [0.3, 0.4) is 0 Å². The van der Waals surface area contributed by atoms with Gasteiger partial charge < -0.3 is 9.26 Å². The third-order valence-corrected chi connectivity index (χ3v) is 4.47. The fourth-order valence-electron chi connectivity index (χ4n) is 3.17. The van der Waals surface area contributed by atoms with Crippen molar-refractivity contribution >= 4 is 0 Å². The van der Waals surface area contributed by atoms with Crippen molar-refractivity contribution in [1.82, 2.24) is 19.9 Å². The summed E-state index contributed by atoms with van der Waals surface area (Å²) in [5.41, 5.74) is 1.79. The first-order valence-corrected chi connectivity index (χ1v) is 7.74. The van der Waals surface area contributed by atoms with E-state index in [0.29, 0.717) is 24.9 Å². The van der Waals surface area contributed by atoms with Gasteiger partial charge in [0.15, 0.2) is 0 Å². The van der Waals surface area contributed by atoms with Crippen LogP contribution in [-0.2, 0) is 17.2 Å². The van der Waals surface area contributed by atoms with Gasteiger partial charge in [-0.3, -0.25) is 4.68 Å². The van der Waals surface area contributed by atoms with Gasteiger partial charge in [0.1, 0.15) is 0 Å². The lowest BCUT2D eigenvalue weighted by Gasteiger charge is -2.34. The van der Waals surface area contributed by atoms with Gasteiger partial charge in [-0.05, 0) is 18.4 Å². The first-order valence-electron chi connectivity index (χ1n) is 7.74. The van der Waals surface area contributed by atoms with E-state index in [-0.39, 0.29) is 5.41 Å². The lowest BCUT2D eigenvalue weighted by molar-refractivity contribution is 0.0523. The third kappa shape index (κ3) is 2.45. The van der Waals surface area contributed by atoms with Crippen LogP contribution in [0.4, 0.5) is 0 Å². The smallest absolute Gasteiger partial charge is 0.237 e. The number of hydrogen-bond donors (Lipinski definition) is 0. The molecule has 6 nitrogen and oxygen atoms in total. The van der Waals surface area contributed by atoms with Crippen molar-refractivity contribution in [3.8, 4) is 11.4 Å². The summed E-state index contributed by atoms with van der Waals surface area (Å²) in [5, 5.41) is 8.33. The van der Waals surface area contributed by atoms with Crippen LogP contribution in [0.1, 0.15) is 24.3 Å². The number of aryl methyl sites for hydroxylation is 1. The minimum absolute atomic E-state index is 0.271. The molecular weight excluding hydrogens is 292 g/mol. The normalized spacial score (nSPS) is 17.3. The lowest BCUT2D eigenvalue weighted by Crippen LogP contribution is -2.35. The number of rotatable bonds is 3. The van der Waals surface area contributed by atoms with Gasteiger partial charge in [-0.2, -0.15) is 10.1 Å². The first kappa shape index (κ1) is 14.1. The van der Waals surface area contributed by atoms with Gasteiger partial charge >= 0.3 is 0 Å². The van der Waals surface area contributed by atoms with Crippen LogP contribution < -0.4 is 0 Å². The van der Waals surface area contributed by atoms with Gasteiger partial charge in [0, 0.05) is 26.5 Å². The van der Waals surface area contributed by atoms with Crippen molar-refractivity contribution in [3.05, 3.63) is 54.2 Å². The molecule has 0 atom stereocenters. The summed E-state index contributed by atoms with van der Waals surface area (Å²) in [6.07, 6.45) is 5.30. The van der Waals surface area contributed by atoms with Crippen molar-refractivity contribution in [2.45, 2.75) is 18.3 Å². The molecule has 0 N–H and O–H groups in total. The number of benzene rings is 1. The molecule has 3 aromatic rings. The zero-order valence-electron chi connectivity index (χ0n) is 13.0. The molecule has 1 aliphatic rings. The predicted molar refractivity (Wildman–Crippen MR) is 83.8 cm³/mol. The summed E-state index contributed by atoms with van der Waals surface area (Å²) in [6.45, 7) is 1.39. The Kier molecular flexibility index (Phi) is 3.46. The quantitative estimate of drug-likeness (QED) is 0.744. The van der Waals surface area contributed by atoms with E-state index >= 15 is 0 Å². The largest absolute Gasteiger partial charge is 0.381 e. The standard InChI is InChI=1S/C17H18N4O2/c1-21-12-13(11-18-21)15-19-16(23-20-15)17(7-9-22-10-8-17)14-5-3-2-4-6-14/h2-6,11-12H,7-10H2,1H3. The Hall–Kier alpha value is -2.47. The van der Waals surface area contributed by atoms with Crippen molar-refractivity contribution in [3.63, 3.8) is 0 Å². The lowest BCUT2D eigenvalue weighted by atomic mass is 9.74. The maximum absolute atomic E-state index is 5.67. The molecule has 6 heteroatoms. The van der Waals surface area contributed by atoms with Crippen LogP contribution >= 0.6 is 0 Å². The van der Waals surface area contributed by atoms with Crippen molar-refractivity contribution in [2.24, 2.45) is 7.05 Å². The summed E-state index contributed by atoms with van der Waals surface area (Å²) < 4.78 is 13.0. The van der Waals surface area contributed by atoms with Crippen molar-refractivity contribution in [2.75, 3.05) is 13.2 Å². The Morgan fingerprint density at radius 2 is 1.91 bits per heavy atom. The number of ether oxygens (including phenoxy) is 1. The third-order valence-electron chi connectivity index (χ3n) is 4.47. The maximum atomic E-state index is 5.67. The van der Waals surface area contributed by atoms with Gasteiger partial charge in [-0.25, -0.2) is 0 Å². The Balaban J connectivity index is 1.77. The van der Waals surface area contributed by atoms with Gasteiger partial charge in [0.2, 0.25) is 11.7 Å². The average Bonchev–Trinajstić information content (AvgIpc) is 3.25. The highest BCUT2D eigenvalue weighted by atomic mass is 16.5. The first-order chi connectivity index (χ1) is 11.3. The Labute approximate surface area is 134 Å². The van der Waals surface area contributed by atoms with E-state index in [1.165, 1.54) is 5.56 Å². The molecule has 0 bridgehead atoms. The molecule has 1 aliphatic heterocycles. The number of nitrogens with zero attached hydrogens (tertiary/aromatic N) is 4. The van der Waals surface area contributed by atoms with Crippen LogP contribution in [0.25, 0.3) is 11.4 Å². The Morgan fingerprint density at radius 3 is 2.61 bits per heavy atom. The molecule has 1 aromatic carbocycles. The van der Waals surface area contributed by atoms with E-state index in [4.69, 9.17) is 9.26 Å². The minimum atomic E-state index is -0.271. The SMILES string of the molecule is Cn1cc(-c2noc(C3(c4ccccc4)CCOCC3)n2)cn1. The monoisotopic (exact) mass is 310 g/mol. The van der Waals surface area contributed by atoms with Crippen LogP contribution in [0.2, 0.25) is 0 Å². The number of aromatic nitrogens is 4. The second-order valence-electron chi connectivity index (χ2n) is 5.89. The topological polar surface area (TPSA) is 66.0 Å². The molecule has 0 radical (unpaired) electrons. The fourth-order valence-corrected chi connectivity index (χ4v) is 3.17. The Morgan fingerprint density at radius 1 is 1.13 bits per heavy atom. The molecule has 118 valence electrons. The van der Waals surface area contributed by atoms with Gasteiger partial charge in [-0.1, -0.05) is 35.5 Å². The van der Waals surface area contributed by atoms with E-state index in [1.54, 1.807) is 10.9 Å². The van der Waals surface area contributed by atoms with Crippen LogP contribution in [-0.4, -0.2) is 33.1 Å². The molecule has 0 unspecified atom stereocenters. The molecule has 0 amide bonds. The second-order valence-corrected chi connectivity index (χ2v) is 5.89. The highest BCUT2D eigenvalue weighted by Crippen LogP contribution is 2.40. The van der Waals surface area contributed by atoms with Crippen molar-refractivity contribution < 1.29 is 9.26 Å². The predicted octanol–water partition coefficient (Wildman–Crippen LogP) is 2.57. The van der Waals surface area contributed by atoms with E-state index in [2.05, 4.69) is 27.4 Å². The molecule has 4 rings (SSSR count). The van der Waals surface area contributed by atoms with Crippen LogP contribution in [0.5, 0.6) is 0 Å². The summed E-state index contributed by atoms with van der Waals surface area (Å²) in [4.78, 5) is 4.68. The second kappa shape index (κ2) is 5.62. The molecule has 1 fully saturated rings. The van der Waals surface area contributed by atoms with Crippen LogP contribution in [0, 0.1) is 0 Å². The molecule has 0 saturated carbocycles. The van der Waals surface area contributed by atoms with Crippen molar-refractivity contribution in [1.29, 1.82) is 0 Å². The average molecular weight is 310 g/mol. The zero-order valence-corrected chi connectivity index (χ0v) is 13.0. The van der Waals surface area contributed by atoms with Gasteiger partial charge in [0.05, 0.1) is 17.2 Å². The summed E-state index contributed by atoms with van der Waals surface area (Å²) in [5.74, 6) is 1.24. The molecule has 2 aromatic heterocycles. The summed E-state index contributed by atoms with van der Waals surface area (Å²) in [6, 6.07) is 10.4. The summed E-state index contributed by atoms with van der Waals surface area (Å²) in [7, 11) is 1.87. The van der Waals surface area contributed by atoms with E-state index < -0.39 is 0 Å². The molecule has 3 heterocycles. The minimum Gasteiger partial charge on any atom is -0.381 e. The zero-order chi connectivity index (χ0) is 15.7. The fraction of sp³-hybridized carbons (Fsp3) is 0.353. The van der Waals surface area contributed by atoms with E-state index in [1.807, 2.05) is 31.4 Å². The maximum Gasteiger partial charge on any atom is 0.237 e. The molecule has 1 saturated heterocycles. The van der Waals surface area contributed by atoms with Crippen LogP contribution in [0.15, 0.2) is 47.2 Å². The Bertz CT molecular complexity index is 788. The molecule has 0 aliphatic carbocycles.